The van der Waals surface area contributed by atoms with Crippen molar-refractivity contribution in [1.29, 1.82) is 0 Å². The van der Waals surface area contributed by atoms with Gasteiger partial charge >= 0.3 is 0 Å². The Bertz CT molecular complexity index is 1080. The SMILES string of the molecule is CCCCNC(=O)[C@@H](C)N(Cc1cccc(OC)c1)C(=O)COc1cccc2ccccc12. The number of nitrogens with one attached hydrogen (secondary N) is 1. The van der Waals surface area contributed by atoms with Crippen molar-refractivity contribution in [2.24, 2.45) is 0 Å². The van der Waals surface area contributed by atoms with Gasteiger partial charge in [0.25, 0.3) is 5.91 Å². The summed E-state index contributed by atoms with van der Waals surface area (Å²) in [5, 5.41) is 4.91. The summed E-state index contributed by atoms with van der Waals surface area (Å²) in [6, 6.07) is 20.5. The summed E-state index contributed by atoms with van der Waals surface area (Å²) in [5.41, 5.74) is 0.876. The third-order valence-electron chi connectivity index (χ3n) is 5.58. The van der Waals surface area contributed by atoms with Crippen LogP contribution in [-0.4, -0.2) is 43.0 Å². The lowest BCUT2D eigenvalue weighted by atomic mass is 10.1. The Morgan fingerprint density at radius 3 is 2.58 bits per heavy atom. The van der Waals surface area contributed by atoms with E-state index in [1.54, 1.807) is 18.9 Å². The number of ether oxygens (including phenoxy) is 2. The van der Waals surface area contributed by atoms with Gasteiger partial charge in [-0.3, -0.25) is 9.59 Å². The van der Waals surface area contributed by atoms with Crippen LogP contribution in [0.3, 0.4) is 0 Å². The van der Waals surface area contributed by atoms with Crippen LogP contribution >= 0.6 is 0 Å². The molecule has 33 heavy (non-hydrogen) atoms. The molecule has 0 saturated heterocycles. The van der Waals surface area contributed by atoms with Gasteiger partial charge in [-0.05, 0) is 42.5 Å². The molecule has 2 amide bonds. The van der Waals surface area contributed by atoms with Crippen LogP contribution < -0.4 is 14.8 Å². The van der Waals surface area contributed by atoms with Crippen molar-refractivity contribution >= 4 is 22.6 Å². The van der Waals surface area contributed by atoms with Gasteiger partial charge in [0.1, 0.15) is 17.5 Å². The van der Waals surface area contributed by atoms with E-state index in [1.807, 2.05) is 66.7 Å². The van der Waals surface area contributed by atoms with Crippen LogP contribution in [0, 0.1) is 0 Å². The Balaban J connectivity index is 1.77. The molecule has 0 bridgehead atoms. The summed E-state index contributed by atoms with van der Waals surface area (Å²) in [4.78, 5) is 27.6. The number of unbranched alkanes of at least 4 members (excludes halogenated alkanes) is 1. The number of benzene rings is 3. The first-order chi connectivity index (χ1) is 16.0. The lowest BCUT2D eigenvalue weighted by Crippen LogP contribution is -2.49. The van der Waals surface area contributed by atoms with Crippen molar-refractivity contribution in [3.63, 3.8) is 0 Å². The molecule has 6 heteroatoms. The van der Waals surface area contributed by atoms with Crippen LogP contribution in [-0.2, 0) is 16.1 Å². The summed E-state index contributed by atoms with van der Waals surface area (Å²) in [7, 11) is 1.60. The lowest BCUT2D eigenvalue weighted by Gasteiger charge is -2.29. The molecule has 0 radical (unpaired) electrons. The molecule has 0 unspecified atom stereocenters. The summed E-state index contributed by atoms with van der Waals surface area (Å²) in [6.07, 6.45) is 1.88. The molecular weight excluding hydrogens is 416 g/mol. The van der Waals surface area contributed by atoms with Gasteiger partial charge in [-0.1, -0.05) is 61.9 Å². The summed E-state index contributed by atoms with van der Waals surface area (Å²) < 4.78 is 11.2. The van der Waals surface area contributed by atoms with E-state index >= 15 is 0 Å². The van der Waals surface area contributed by atoms with Crippen molar-refractivity contribution in [3.8, 4) is 11.5 Å². The molecule has 0 heterocycles. The topological polar surface area (TPSA) is 67.9 Å². The second-order valence-electron chi connectivity index (χ2n) is 7.96. The van der Waals surface area contributed by atoms with Gasteiger partial charge in [0, 0.05) is 18.5 Å². The predicted molar refractivity (Wildman–Crippen MR) is 130 cm³/mol. The zero-order valence-electron chi connectivity index (χ0n) is 19.5. The molecular formula is C27H32N2O4. The maximum atomic E-state index is 13.3. The highest BCUT2D eigenvalue weighted by Gasteiger charge is 2.26. The lowest BCUT2D eigenvalue weighted by molar-refractivity contribution is -0.142. The smallest absolute Gasteiger partial charge is 0.261 e. The van der Waals surface area contributed by atoms with E-state index in [-0.39, 0.29) is 25.0 Å². The second-order valence-corrected chi connectivity index (χ2v) is 7.96. The monoisotopic (exact) mass is 448 g/mol. The molecule has 0 aromatic heterocycles. The van der Waals surface area contributed by atoms with E-state index in [1.165, 1.54) is 0 Å². The maximum absolute atomic E-state index is 13.3. The molecule has 1 N–H and O–H groups in total. The third kappa shape index (κ3) is 6.48. The quantitative estimate of drug-likeness (QED) is 0.437. The van der Waals surface area contributed by atoms with Crippen LogP contribution in [0.4, 0.5) is 0 Å². The maximum Gasteiger partial charge on any atom is 0.261 e. The van der Waals surface area contributed by atoms with Crippen LogP contribution in [0.5, 0.6) is 11.5 Å². The minimum Gasteiger partial charge on any atom is -0.497 e. The minimum absolute atomic E-state index is 0.162. The van der Waals surface area contributed by atoms with Crippen molar-refractivity contribution in [3.05, 3.63) is 72.3 Å². The molecule has 0 fully saturated rings. The molecule has 6 nitrogen and oxygen atoms in total. The van der Waals surface area contributed by atoms with Crippen molar-refractivity contribution in [2.75, 3.05) is 20.3 Å². The van der Waals surface area contributed by atoms with E-state index in [0.29, 0.717) is 18.0 Å². The van der Waals surface area contributed by atoms with Crippen molar-refractivity contribution in [2.45, 2.75) is 39.3 Å². The number of amides is 2. The zero-order valence-corrected chi connectivity index (χ0v) is 19.5. The molecule has 3 aromatic carbocycles. The van der Waals surface area contributed by atoms with Crippen molar-refractivity contribution < 1.29 is 19.1 Å². The number of methoxy groups -OCH3 is 1. The first-order valence-electron chi connectivity index (χ1n) is 11.3. The number of hydrogen-bond acceptors (Lipinski definition) is 4. The van der Waals surface area contributed by atoms with Crippen LogP contribution in [0.25, 0.3) is 10.8 Å². The van der Waals surface area contributed by atoms with Gasteiger partial charge in [-0.25, -0.2) is 0 Å². The number of fused-ring (bicyclic) bond motifs is 1. The Kier molecular flexibility index (Phi) is 8.70. The minimum atomic E-state index is -0.642. The molecule has 3 aromatic rings. The van der Waals surface area contributed by atoms with Gasteiger partial charge in [-0.15, -0.1) is 0 Å². The van der Waals surface area contributed by atoms with E-state index < -0.39 is 6.04 Å². The number of hydrogen-bond donors (Lipinski definition) is 1. The molecule has 0 spiro atoms. The van der Waals surface area contributed by atoms with Crippen LogP contribution in [0.15, 0.2) is 66.7 Å². The summed E-state index contributed by atoms with van der Waals surface area (Å²) in [5.74, 6) is 0.906. The van der Waals surface area contributed by atoms with Crippen LogP contribution in [0.2, 0.25) is 0 Å². The van der Waals surface area contributed by atoms with Gasteiger partial charge in [0.05, 0.1) is 7.11 Å². The van der Waals surface area contributed by atoms with E-state index in [0.717, 1.165) is 29.2 Å². The Labute approximate surface area is 195 Å². The first-order valence-corrected chi connectivity index (χ1v) is 11.3. The standard InChI is InChI=1S/C27H32N2O4/c1-4-5-16-28-27(31)20(2)29(18-21-10-8-13-23(17-21)32-3)26(30)19-33-25-15-9-12-22-11-6-7-14-24(22)25/h6-15,17,20H,4-5,16,18-19H2,1-3H3,(H,28,31)/t20-/m1/s1. The third-order valence-corrected chi connectivity index (χ3v) is 5.58. The fourth-order valence-corrected chi connectivity index (χ4v) is 3.63. The molecule has 0 aliphatic rings. The molecule has 1 atom stereocenters. The average Bonchev–Trinajstić information content (AvgIpc) is 2.85. The predicted octanol–water partition coefficient (Wildman–Crippen LogP) is 4.56. The zero-order chi connectivity index (χ0) is 23.6. The number of carbonyl (C=O) groups is 2. The van der Waals surface area contributed by atoms with Gasteiger partial charge in [0.15, 0.2) is 6.61 Å². The second kappa shape index (κ2) is 11.9. The fourth-order valence-electron chi connectivity index (χ4n) is 3.63. The van der Waals surface area contributed by atoms with Gasteiger partial charge < -0.3 is 19.7 Å². The number of rotatable bonds is 11. The average molecular weight is 449 g/mol. The van der Waals surface area contributed by atoms with Gasteiger partial charge in [-0.2, -0.15) is 0 Å². The largest absolute Gasteiger partial charge is 0.497 e. The van der Waals surface area contributed by atoms with E-state index in [2.05, 4.69) is 12.2 Å². The molecule has 3 rings (SSSR count). The number of carbonyl (C=O) groups excluding carboxylic acids is 2. The Morgan fingerprint density at radius 1 is 1.03 bits per heavy atom. The Hall–Kier alpha value is -3.54. The normalized spacial score (nSPS) is 11.6. The Morgan fingerprint density at radius 2 is 1.79 bits per heavy atom. The summed E-state index contributed by atoms with van der Waals surface area (Å²) in [6.45, 7) is 4.52. The molecule has 174 valence electrons. The summed E-state index contributed by atoms with van der Waals surface area (Å²) >= 11 is 0. The van der Waals surface area contributed by atoms with Gasteiger partial charge in [0.2, 0.25) is 5.91 Å². The first kappa shape index (κ1) is 24.1. The van der Waals surface area contributed by atoms with E-state index in [9.17, 15) is 9.59 Å². The highest BCUT2D eigenvalue weighted by molar-refractivity contribution is 5.90. The van der Waals surface area contributed by atoms with Crippen molar-refractivity contribution in [1.82, 2.24) is 10.2 Å². The van der Waals surface area contributed by atoms with Crippen LogP contribution in [0.1, 0.15) is 32.3 Å². The highest BCUT2D eigenvalue weighted by atomic mass is 16.5. The number of nitrogens with zero attached hydrogens (tertiary/aromatic N) is 1. The molecule has 0 saturated carbocycles. The highest BCUT2D eigenvalue weighted by Crippen LogP contribution is 2.25. The molecule has 0 aliphatic heterocycles. The fraction of sp³-hybridized carbons (Fsp3) is 0.333. The van der Waals surface area contributed by atoms with E-state index in [4.69, 9.17) is 9.47 Å². The molecule has 0 aliphatic carbocycles.